The maximum absolute atomic E-state index is 11.7. The van der Waals surface area contributed by atoms with Crippen molar-refractivity contribution in [1.82, 2.24) is 5.32 Å². The van der Waals surface area contributed by atoms with Crippen LogP contribution in [0.2, 0.25) is 0 Å². The van der Waals surface area contributed by atoms with Gasteiger partial charge in [0.15, 0.2) is 0 Å². The molecule has 106 valence electrons. The molecule has 1 aromatic rings. The SMILES string of the molecule is COC(=O)[C@H](C/C=C/c1ccccc1)NC(=O)C1CC1. The molecule has 4 heteroatoms. The van der Waals surface area contributed by atoms with E-state index in [0.717, 1.165) is 18.4 Å². The Morgan fingerprint density at radius 1 is 1.35 bits per heavy atom. The van der Waals surface area contributed by atoms with Crippen LogP contribution in [0.4, 0.5) is 0 Å². The van der Waals surface area contributed by atoms with Gasteiger partial charge in [-0.1, -0.05) is 42.5 Å². The molecule has 1 amide bonds. The van der Waals surface area contributed by atoms with Gasteiger partial charge in [-0.3, -0.25) is 4.79 Å². The van der Waals surface area contributed by atoms with E-state index in [9.17, 15) is 9.59 Å². The molecule has 0 aromatic heterocycles. The number of nitrogens with one attached hydrogen (secondary N) is 1. The molecule has 0 radical (unpaired) electrons. The number of hydrogen-bond donors (Lipinski definition) is 1. The number of carbonyl (C=O) groups is 2. The molecule has 20 heavy (non-hydrogen) atoms. The van der Waals surface area contributed by atoms with Crippen LogP contribution >= 0.6 is 0 Å². The van der Waals surface area contributed by atoms with Gasteiger partial charge in [0.2, 0.25) is 5.91 Å². The Morgan fingerprint density at radius 2 is 2.05 bits per heavy atom. The molecule has 1 aliphatic rings. The van der Waals surface area contributed by atoms with Crippen LogP contribution in [0.3, 0.4) is 0 Å². The van der Waals surface area contributed by atoms with Crippen LogP contribution in [-0.2, 0) is 14.3 Å². The lowest BCUT2D eigenvalue weighted by molar-refractivity contribution is -0.145. The minimum atomic E-state index is -0.604. The van der Waals surface area contributed by atoms with Crippen molar-refractivity contribution in [2.45, 2.75) is 25.3 Å². The molecule has 1 saturated carbocycles. The van der Waals surface area contributed by atoms with Crippen molar-refractivity contribution >= 4 is 18.0 Å². The van der Waals surface area contributed by atoms with Crippen LogP contribution < -0.4 is 5.32 Å². The third-order valence-electron chi connectivity index (χ3n) is 3.23. The van der Waals surface area contributed by atoms with E-state index in [1.54, 1.807) is 0 Å². The summed E-state index contributed by atoms with van der Waals surface area (Å²) < 4.78 is 4.73. The third-order valence-corrected chi connectivity index (χ3v) is 3.23. The molecule has 0 saturated heterocycles. The fourth-order valence-corrected chi connectivity index (χ4v) is 1.90. The maximum Gasteiger partial charge on any atom is 0.328 e. The number of methoxy groups -OCH3 is 1. The summed E-state index contributed by atoms with van der Waals surface area (Å²) >= 11 is 0. The zero-order valence-electron chi connectivity index (χ0n) is 11.5. The van der Waals surface area contributed by atoms with Crippen molar-refractivity contribution < 1.29 is 14.3 Å². The molecule has 2 rings (SSSR count). The first-order chi connectivity index (χ1) is 9.70. The van der Waals surface area contributed by atoms with Crippen molar-refractivity contribution in [2.24, 2.45) is 5.92 Å². The van der Waals surface area contributed by atoms with Gasteiger partial charge >= 0.3 is 5.97 Å². The van der Waals surface area contributed by atoms with E-state index in [0.29, 0.717) is 6.42 Å². The zero-order valence-corrected chi connectivity index (χ0v) is 11.5. The average molecular weight is 273 g/mol. The Bertz CT molecular complexity index is 492. The minimum Gasteiger partial charge on any atom is -0.467 e. The first-order valence-corrected chi connectivity index (χ1v) is 6.80. The first kappa shape index (κ1) is 14.3. The Kier molecular flexibility index (Phi) is 4.93. The Hall–Kier alpha value is -2.10. The topological polar surface area (TPSA) is 55.4 Å². The fraction of sp³-hybridized carbons (Fsp3) is 0.375. The molecule has 1 N–H and O–H groups in total. The molecule has 1 atom stereocenters. The van der Waals surface area contributed by atoms with Gasteiger partial charge in [-0.25, -0.2) is 4.79 Å². The van der Waals surface area contributed by atoms with Crippen LogP contribution in [-0.4, -0.2) is 25.0 Å². The van der Waals surface area contributed by atoms with Crippen molar-refractivity contribution in [3.8, 4) is 0 Å². The molecule has 1 aromatic carbocycles. The highest BCUT2D eigenvalue weighted by Gasteiger charge is 2.32. The lowest BCUT2D eigenvalue weighted by atomic mass is 10.1. The van der Waals surface area contributed by atoms with E-state index in [4.69, 9.17) is 4.74 Å². The summed E-state index contributed by atoms with van der Waals surface area (Å²) in [5.41, 5.74) is 1.06. The predicted octanol–water partition coefficient (Wildman–Crippen LogP) is 2.16. The largest absolute Gasteiger partial charge is 0.467 e. The second-order valence-electron chi connectivity index (χ2n) is 4.91. The normalized spacial score (nSPS) is 15.8. The van der Waals surface area contributed by atoms with Gasteiger partial charge < -0.3 is 10.1 Å². The number of amides is 1. The van der Waals surface area contributed by atoms with E-state index in [1.165, 1.54) is 7.11 Å². The van der Waals surface area contributed by atoms with Crippen molar-refractivity contribution in [3.63, 3.8) is 0 Å². The van der Waals surface area contributed by atoms with Gasteiger partial charge in [-0.2, -0.15) is 0 Å². The third kappa shape index (κ3) is 4.23. The summed E-state index contributed by atoms with van der Waals surface area (Å²) in [7, 11) is 1.33. The molecule has 0 bridgehead atoms. The van der Waals surface area contributed by atoms with E-state index < -0.39 is 12.0 Å². The number of benzene rings is 1. The lowest BCUT2D eigenvalue weighted by Gasteiger charge is -2.14. The summed E-state index contributed by atoms with van der Waals surface area (Å²) in [6, 6.07) is 9.20. The van der Waals surface area contributed by atoms with Crippen molar-refractivity contribution in [2.75, 3.05) is 7.11 Å². The predicted molar refractivity (Wildman–Crippen MR) is 76.8 cm³/mol. The monoisotopic (exact) mass is 273 g/mol. The highest BCUT2D eigenvalue weighted by Crippen LogP contribution is 2.29. The van der Waals surface area contributed by atoms with Gasteiger partial charge in [0.25, 0.3) is 0 Å². The fourth-order valence-electron chi connectivity index (χ4n) is 1.90. The zero-order chi connectivity index (χ0) is 14.4. The summed E-state index contributed by atoms with van der Waals surface area (Å²) in [5.74, 6) is -0.370. The molecule has 1 aliphatic carbocycles. The second kappa shape index (κ2) is 6.89. The van der Waals surface area contributed by atoms with Gasteiger partial charge in [0.05, 0.1) is 7.11 Å². The molecule has 0 unspecified atom stereocenters. The Morgan fingerprint density at radius 3 is 2.65 bits per heavy atom. The summed E-state index contributed by atoms with van der Waals surface area (Å²) in [6.45, 7) is 0. The number of esters is 1. The lowest BCUT2D eigenvalue weighted by Crippen LogP contribution is -2.41. The summed E-state index contributed by atoms with van der Waals surface area (Å²) in [5, 5.41) is 2.75. The van der Waals surface area contributed by atoms with Gasteiger partial charge in [-0.15, -0.1) is 0 Å². The van der Waals surface area contributed by atoms with Crippen LogP contribution in [0.5, 0.6) is 0 Å². The highest BCUT2D eigenvalue weighted by molar-refractivity contribution is 5.87. The Balaban J connectivity index is 1.91. The van der Waals surface area contributed by atoms with Crippen LogP contribution in [0.25, 0.3) is 6.08 Å². The Labute approximate surface area is 118 Å². The van der Waals surface area contributed by atoms with E-state index in [1.807, 2.05) is 42.5 Å². The maximum atomic E-state index is 11.7. The van der Waals surface area contributed by atoms with E-state index in [2.05, 4.69) is 5.32 Å². The average Bonchev–Trinajstić information content (AvgIpc) is 3.31. The minimum absolute atomic E-state index is 0.0477. The van der Waals surface area contributed by atoms with E-state index in [-0.39, 0.29) is 11.8 Å². The van der Waals surface area contributed by atoms with Gasteiger partial charge in [0.1, 0.15) is 6.04 Å². The standard InChI is InChI=1S/C16H19NO3/c1-20-16(19)14(17-15(18)13-10-11-13)9-5-8-12-6-3-2-4-7-12/h2-8,13-14H,9-11H2,1H3,(H,17,18)/b8-5+/t14-/m0/s1. The molecule has 0 spiro atoms. The van der Waals surface area contributed by atoms with E-state index >= 15 is 0 Å². The molecule has 0 heterocycles. The van der Waals surface area contributed by atoms with Crippen LogP contribution in [0.15, 0.2) is 36.4 Å². The summed E-state index contributed by atoms with van der Waals surface area (Å²) in [6.07, 6.45) is 6.07. The van der Waals surface area contributed by atoms with Crippen LogP contribution in [0.1, 0.15) is 24.8 Å². The number of rotatable bonds is 6. The molecular weight excluding hydrogens is 254 g/mol. The molecule has 4 nitrogen and oxygen atoms in total. The highest BCUT2D eigenvalue weighted by atomic mass is 16.5. The first-order valence-electron chi connectivity index (χ1n) is 6.80. The number of ether oxygens (including phenoxy) is 1. The van der Waals surface area contributed by atoms with Gasteiger partial charge in [-0.05, 0) is 24.8 Å². The second-order valence-corrected chi connectivity index (χ2v) is 4.91. The number of hydrogen-bond acceptors (Lipinski definition) is 3. The molecule has 0 aliphatic heterocycles. The van der Waals surface area contributed by atoms with Crippen LogP contribution in [0, 0.1) is 5.92 Å². The van der Waals surface area contributed by atoms with Gasteiger partial charge in [0, 0.05) is 5.92 Å². The number of carbonyl (C=O) groups excluding carboxylic acids is 2. The smallest absolute Gasteiger partial charge is 0.328 e. The molecular formula is C16H19NO3. The van der Waals surface area contributed by atoms with Crippen molar-refractivity contribution in [1.29, 1.82) is 0 Å². The quantitative estimate of drug-likeness (QED) is 0.808. The summed E-state index contributed by atoms with van der Waals surface area (Å²) in [4.78, 5) is 23.4. The molecule has 1 fully saturated rings. The van der Waals surface area contributed by atoms with Crippen molar-refractivity contribution in [3.05, 3.63) is 42.0 Å².